The van der Waals surface area contributed by atoms with E-state index in [1.807, 2.05) is 54.6 Å². The second-order valence-electron chi connectivity index (χ2n) is 5.24. The van der Waals surface area contributed by atoms with Gasteiger partial charge in [0.15, 0.2) is 5.58 Å². The lowest BCUT2D eigenvalue weighted by molar-refractivity contribution is 0.459. The zero-order chi connectivity index (χ0) is 14.8. The first-order valence-corrected chi connectivity index (χ1v) is 7.04. The summed E-state index contributed by atoms with van der Waals surface area (Å²) in [5, 5.41) is 5.24. The summed E-state index contributed by atoms with van der Waals surface area (Å²) < 4.78 is 5.41. The van der Waals surface area contributed by atoms with Gasteiger partial charge >= 0.3 is 0 Å². The molecule has 21 heavy (non-hydrogen) atoms. The topological polar surface area (TPSA) is 52.0 Å². The van der Waals surface area contributed by atoms with Gasteiger partial charge in [0.1, 0.15) is 5.69 Å². The van der Waals surface area contributed by atoms with Crippen LogP contribution in [0.4, 0.5) is 0 Å². The molecule has 1 heterocycles. The zero-order valence-electron chi connectivity index (χ0n) is 12.0. The van der Waals surface area contributed by atoms with Gasteiger partial charge in [0.05, 0.1) is 0 Å². The van der Waals surface area contributed by atoms with Crippen molar-refractivity contribution >= 4 is 11.0 Å². The average Bonchev–Trinajstić information content (AvgIpc) is 2.97. The normalized spacial score (nSPS) is 14.0. The number of benzene rings is 2. The Morgan fingerprint density at radius 1 is 1.14 bits per heavy atom. The second-order valence-corrected chi connectivity index (χ2v) is 5.24. The fourth-order valence-corrected chi connectivity index (χ4v) is 2.51. The first kappa shape index (κ1) is 13.6. The van der Waals surface area contributed by atoms with Gasteiger partial charge in [-0.1, -0.05) is 54.6 Å². The lowest BCUT2D eigenvalue weighted by Gasteiger charge is -2.19. The highest BCUT2D eigenvalue weighted by Gasteiger charge is 2.19. The summed E-state index contributed by atoms with van der Waals surface area (Å²) in [6.45, 7) is 5.90. The minimum atomic E-state index is -0.117. The second kappa shape index (κ2) is 5.54. The van der Waals surface area contributed by atoms with Gasteiger partial charge in [0.2, 0.25) is 0 Å². The largest absolute Gasteiger partial charge is 0.356 e. The number of hydrogen-bond acceptors (Lipinski definition) is 3. The molecule has 3 rings (SSSR count). The Balaban J connectivity index is 2.17. The third kappa shape index (κ3) is 2.36. The number of aromatic nitrogens is 1. The summed E-state index contributed by atoms with van der Waals surface area (Å²) >= 11 is 0. The van der Waals surface area contributed by atoms with Gasteiger partial charge in [-0.2, -0.15) is 0 Å². The fourth-order valence-electron chi connectivity index (χ4n) is 2.51. The SMILES string of the molecule is C=CC(C)C(N)c1ccccc1-c1noc2ccccc12. The summed E-state index contributed by atoms with van der Waals surface area (Å²) in [5.74, 6) is 0.185. The molecule has 0 fully saturated rings. The number of para-hydroxylation sites is 1. The molecule has 2 atom stereocenters. The van der Waals surface area contributed by atoms with E-state index in [1.54, 1.807) is 0 Å². The van der Waals surface area contributed by atoms with Crippen LogP contribution in [0.2, 0.25) is 0 Å². The summed E-state index contributed by atoms with van der Waals surface area (Å²) in [6, 6.07) is 15.8. The highest BCUT2D eigenvalue weighted by molar-refractivity contribution is 5.92. The molecule has 0 aliphatic rings. The first-order chi connectivity index (χ1) is 10.2. The van der Waals surface area contributed by atoms with Gasteiger partial charge in [-0.05, 0) is 23.6 Å². The van der Waals surface area contributed by atoms with Crippen LogP contribution in [0.25, 0.3) is 22.2 Å². The zero-order valence-corrected chi connectivity index (χ0v) is 12.0. The fraction of sp³-hybridized carbons (Fsp3) is 0.167. The smallest absolute Gasteiger partial charge is 0.167 e. The van der Waals surface area contributed by atoms with E-state index >= 15 is 0 Å². The Hall–Kier alpha value is -2.39. The van der Waals surface area contributed by atoms with Crippen molar-refractivity contribution in [2.24, 2.45) is 11.7 Å². The van der Waals surface area contributed by atoms with Crippen LogP contribution in [-0.4, -0.2) is 5.16 Å². The molecule has 0 aliphatic carbocycles. The number of rotatable bonds is 4. The molecule has 0 aliphatic heterocycles. The molecule has 3 aromatic rings. The Bertz CT molecular complexity index is 775. The van der Waals surface area contributed by atoms with Crippen LogP contribution in [-0.2, 0) is 0 Å². The highest BCUT2D eigenvalue weighted by atomic mass is 16.5. The van der Waals surface area contributed by atoms with Crippen molar-refractivity contribution in [3.8, 4) is 11.3 Å². The summed E-state index contributed by atoms with van der Waals surface area (Å²) in [4.78, 5) is 0. The predicted molar refractivity (Wildman–Crippen MR) is 85.7 cm³/mol. The minimum Gasteiger partial charge on any atom is -0.356 e. The van der Waals surface area contributed by atoms with Crippen LogP contribution in [0.5, 0.6) is 0 Å². The van der Waals surface area contributed by atoms with Gasteiger partial charge in [-0.3, -0.25) is 0 Å². The summed E-state index contributed by atoms with van der Waals surface area (Å²) in [7, 11) is 0. The van der Waals surface area contributed by atoms with E-state index in [1.165, 1.54) is 0 Å². The van der Waals surface area contributed by atoms with Gasteiger partial charge < -0.3 is 10.3 Å². The van der Waals surface area contributed by atoms with E-state index in [-0.39, 0.29) is 12.0 Å². The Kier molecular flexibility index (Phi) is 3.59. The maximum Gasteiger partial charge on any atom is 0.167 e. The molecule has 0 saturated carbocycles. The lowest BCUT2D eigenvalue weighted by atomic mass is 9.90. The van der Waals surface area contributed by atoms with Crippen molar-refractivity contribution in [1.82, 2.24) is 5.16 Å². The molecule has 2 unspecified atom stereocenters. The van der Waals surface area contributed by atoms with E-state index in [9.17, 15) is 0 Å². The van der Waals surface area contributed by atoms with Gasteiger partial charge in [0.25, 0.3) is 0 Å². The molecule has 106 valence electrons. The van der Waals surface area contributed by atoms with Crippen molar-refractivity contribution in [3.05, 3.63) is 66.7 Å². The third-order valence-corrected chi connectivity index (χ3v) is 3.89. The predicted octanol–water partition coefficient (Wildman–Crippen LogP) is 4.32. The van der Waals surface area contributed by atoms with Crippen molar-refractivity contribution in [2.75, 3.05) is 0 Å². The van der Waals surface area contributed by atoms with Crippen molar-refractivity contribution in [1.29, 1.82) is 0 Å². The van der Waals surface area contributed by atoms with Crippen LogP contribution in [0, 0.1) is 5.92 Å². The maximum atomic E-state index is 6.37. The Morgan fingerprint density at radius 2 is 1.86 bits per heavy atom. The molecule has 3 nitrogen and oxygen atoms in total. The van der Waals surface area contributed by atoms with E-state index in [0.717, 1.165) is 27.8 Å². The molecule has 2 N–H and O–H groups in total. The van der Waals surface area contributed by atoms with Gasteiger partial charge in [-0.25, -0.2) is 0 Å². The van der Waals surface area contributed by atoms with Crippen molar-refractivity contribution < 1.29 is 4.52 Å². The molecular formula is C18H18N2O. The minimum absolute atomic E-state index is 0.117. The maximum absolute atomic E-state index is 6.37. The number of hydrogen-bond donors (Lipinski definition) is 1. The van der Waals surface area contributed by atoms with Crippen LogP contribution < -0.4 is 5.73 Å². The van der Waals surface area contributed by atoms with Crippen molar-refractivity contribution in [3.63, 3.8) is 0 Å². The van der Waals surface area contributed by atoms with E-state index < -0.39 is 0 Å². The summed E-state index contributed by atoms with van der Waals surface area (Å²) in [6.07, 6.45) is 1.88. The van der Waals surface area contributed by atoms with Crippen LogP contribution >= 0.6 is 0 Å². The molecule has 1 aromatic heterocycles. The van der Waals surface area contributed by atoms with Gasteiger partial charge in [-0.15, -0.1) is 6.58 Å². The molecule has 2 aromatic carbocycles. The number of fused-ring (bicyclic) bond motifs is 1. The molecule has 0 saturated heterocycles. The Labute approximate surface area is 124 Å². The molecule has 0 radical (unpaired) electrons. The van der Waals surface area contributed by atoms with Crippen LogP contribution in [0.1, 0.15) is 18.5 Å². The monoisotopic (exact) mass is 278 g/mol. The summed E-state index contributed by atoms with van der Waals surface area (Å²) in [5.41, 5.74) is 10.1. The van der Waals surface area contributed by atoms with Crippen LogP contribution in [0.3, 0.4) is 0 Å². The van der Waals surface area contributed by atoms with Crippen molar-refractivity contribution in [2.45, 2.75) is 13.0 Å². The highest BCUT2D eigenvalue weighted by Crippen LogP contribution is 2.34. The Morgan fingerprint density at radius 3 is 2.67 bits per heavy atom. The van der Waals surface area contributed by atoms with Crippen LogP contribution in [0.15, 0.2) is 65.7 Å². The first-order valence-electron chi connectivity index (χ1n) is 7.04. The van der Waals surface area contributed by atoms with E-state index in [0.29, 0.717) is 0 Å². The average molecular weight is 278 g/mol. The van der Waals surface area contributed by atoms with E-state index in [2.05, 4.69) is 18.7 Å². The van der Waals surface area contributed by atoms with Gasteiger partial charge in [0, 0.05) is 17.0 Å². The third-order valence-electron chi connectivity index (χ3n) is 3.89. The quantitative estimate of drug-likeness (QED) is 0.723. The number of nitrogens with zero attached hydrogens (tertiary/aromatic N) is 1. The molecule has 0 spiro atoms. The lowest BCUT2D eigenvalue weighted by Crippen LogP contribution is -2.18. The molecular weight excluding hydrogens is 260 g/mol. The molecule has 0 bridgehead atoms. The molecule has 3 heteroatoms. The molecule has 0 amide bonds. The van der Waals surface area contributed by atoms with E-state index in [4.69, 9.17) is 10.3 Å². The number of nitrogens with two attached hydrogens (primary N) is 1. The standard InChI is InChI=1S/C18H18N2O/c1-3-12(2)17(19)13-8-4-5-9-14(13)18-15-10-6-7-11-16(15)21-20-18/h3-12,17H,1,19H2,2H3.